The summed E-state index contributed by atoms with van der Waals surface area (Å²) in [7, 11) is 3.79. The number of amides is 1. The number of piperazine rings is 1. The van der Waals surface area contributed by atoms with Crippen LogP contribution in [0.5, 0.6) is 11.5 Å². The first-order valence-electron chi connectivity index (χ1n) is 8.64. The molecule has 0 aliphatic carbocycles. The second-order valence-electron chi connectivity index (χ2n) is 6.62. The van der Waals surface area contributed by atoms with Crippen LogP contribution in [0, 0.1) is 5.92 Å². The van der Waals surface area contributed by atoms with E-state index in [0.717, 1.165) is 49.8 Å². The van der Waals surface area contributed by atoms with Gasteiger partial charge in [-0.1, -0.05) is 0 Å². The van der Waals surface area contributed by atoms with Crippen molar-refractivity contribution in [1.82, 2.24) is 15.1 Å². The van der Waals surface area contributed by atoms with Gasteiger partial charge in [0.15, 0.2) is 0 Å². The Bertz CT molecular complexity index is 571. The topological polar surface area (TPSA) is 54.0 Å². The molecule has 2 aliphatic rings. The molecule has 24 heavy (non-hydrogen) atoms. The number of carbonyl (C=O) groups is 1. The summed E-state index contributed by atoms with van der Waals surface area (Å²) in [4.78, 5) is 17.1. The Kier molecular flexibility index (Phi) is 5.58. The van der Waals surface area contributed by atoms with Crippen LogP contribution in [0.15, 0.2) is 18.2 Å². The van der Waals surface area contributed by atoms with Gasteiger partial charge < -0.3 is 19.7 Å². The number of hydrogen-bond acceptors (Lipinski definition) is 5. The Morgan fingerprint density at radius 3 is 2.88 bits per heavy atom. The van der Waals surface area contributed by atoms with E-state index in [2.05, 4.69) is 22.2 Å². The van der Waals surface area contributed by atoms with Gasteiger partial charge >= 0.3 is 0 Å². The first-order valence-corrected chi connectivity index (χ1v) is 8.64. The molecule has 1 amide bonds. The molecule has 2 aliphatic heterocycles. The molecule has 0 radical (unpaired) electrons. The molecule has 6 heteroatoms. The fourth-order valence-electron chi connectivity index (χ4n) is 3.22. The summed E-state index contributed by atoms with van der Waals surface area (Å²) in [5.41, 5.74) is 1.04. The molecule has 0 bridgehead atoms. The summed E-state index contributed by atoms with van der Waals surface area (Å²) in [6.45, 7) is 6.41. The fraction of sp³-hybridized carbons (Fsp3) is 0.611. The molecule has 1 saturated heterocycles. The van der Waals surface area contributed by atoms with Crippen molar-refractivity contribution in [2.75, 3.05) is 60.0 Å². The van der Waals surface area contributed by atoms with Gasteiger partial charge in [0.25, 0.3) is 0 Å². The third kappa shape index (κ3) is 4.19. The van der Waals surface area contributed by atoms with E-state index >= 15 is 0 Å². The summed E-state index contributed by atoms with van der Waals surface area (Å²) in [5.74, 6) is 1.61. The van der Waals surface area contributed by atoms with Crippen LogP contribution in [0.4, 0.5) is 0 Å². The van der Waals surface area contributed by atoms with Crippen LogP contribution in [-0.4, -0.2) is 75.7 Å². The average molecular weight is 333 g/mol. The van der Waals surface area contributed by atoms with Gasteiger partial charge in [-0.3, -0.25) is 9.69 Å². The van der Waals surface area contributed by atoms with E-state index in [1.54, 1.807) is 7.11 Å². The molecule has 0 unspecified atom stereocenters. The summed E-state index contributed by atoms with van der Waals surface area (Å²) >= 11 is 0. The van der Waals surface area contributed by atoms with Gasteiger partial charge in [-0.25, -0.2) is 0 Å². The normalized spacial score (nSPS) is 21.7. The van der Waals surface area contributed by atoms with E-state index in [1.165, 1.54) is 0 Å². The molecular weight excluding hydrogens is 306 g/mol. The Labute approximate surface area is 143 Å². The number of ether oxygens (including phenoxy) is 2. The fourth-order valence-corrected chi connectivity index (χ4v) is 3.22. The molecule has 1 fully saturated rings. The average Bonchev–Trinajstić information content (AvgIpc) is 2.62. The highest BCUT2D eigenvalue weighted by molar-refractivity contribution is 5.79. The quantitative estimate of drug-likeness (QED) is 0.856. The van der Waals surface area contributed by atoms with Crippen molar-refractivity contribution < 1.29 is 14.3 Å². The number of fused-ring (bicyclic) bond motifs is 1. The maximum atomic E-state index is 12.4. The third-order valence-corrected chi connectivity index (χ3v) is 4.87. The Morgan fingerprint density at radius 2 is 2.12 bits per heavy atom. The maximum Gasteiger partial charge on any atom is 0.226 e. The number of hydrogen-bond donors (Lipinski definition) is 1. The van der Waals surface area contributed by atoms with Gasteiger partial charge in [0.1, 0.15) is 18.1 Å². The lowest BCUT2D eigenvalue weighted by Crippen LogP contribution is -2.47. The second kappa shape index (κ2) is 7.85. The standard InChI is InChI=1S/C18H27N3O3/c1-20-7-9-21(10-8-20)6-5-19-18(22)15-11-14-12-16(23-2)3-4-17(14)24-13-15/h3-4,12,15H,5-11,13H2,1-2H3,(H,19,22)/t15-/m0/s1. The molecule has 3 rings (SSSR count). The minimum Gasteiger partial charge on any atom is -0.497 e. The van der Waals surface area contributed by atoms with E-state index in [1.807, 2.05) is 18.2 Å². The lowest BCUT2D eigenvalue weighted by molar-refractivity contribution is -0.126. The highest BCUT2D eigenvalue weighted by atomic mass is 16.5. The van der Waals surface area contributed by atoms with Crippen LogP contribution < -0.4 is 14.8 Å². The minimum atomic E-state index is -0.128. The van der Waals surface area contributed by atoms with Gasteiger partial charge in [0.05, 0.1) is 13.0 Å². The molecule has 0 aromatic heterocycles. The Balaban J connectivity index is 1.45. The zero-order valence-electron chi connectivity index (χ0n) is 14.6. The lowest BCUT2D eigenvalue weighted by Gasteiger charge is -2.32. The molecular formula is C18H27N3O3. The summed E-state index contributed by atoms with van der Waals surface area (Å²) in [6.07, 6.45) is 0.701. The zero-order valence-corrected chi connectivity index (χ0v) is 14.6. The number of benzene rings is 1. The highest BCUT2D eigenvalue weighted by Crippen LogP contribution is 2.30. The number of nitrogens with zero attached hydrogens (tertiary/aromatic N) is 2. The van der Waals surface area contributed by atoms with E-state index in [9.17, 15) is 4.79 Å². The van der Waals surface area contributed by atoms with Crippen LogP contribution in [0.1, 0.15) is 5.56 Å². The zero-order chi connectivity index (χ0) is 16.9. The van der Waals surface area contributed by atoms with Crippen LogP contribution in [0.25, 0.3) is 0 Å². The molecule has 132 valence electrons. The van der Waals surface area contributed by atoms with E-state index < -0.39 is 0 Å². The van der Waals surface area contributed by atoms with Gasteiger partial charge in [0, 0.05) is 39.3 Å². The van der Waals surface area contributed by atoms with Crippen LogP contribution in [-0.2, 0) is 11.2 Å². The maximum absolute atomic E-state index is 12.4. The van der Waals surface area contributed by atoms with Crippen LogP contribution in [0.3, 0.4) is 0 Å². The number of rotatable bonds is 5. The highest BCUT2D eigenvalue weighted by Gasteiger charge is 2.26. The molecule has 0 spiro atoms. The van der Waals surface area contributed by atoms with Crippen LogP contribution >= 0.6 is 0 Å². The van der Waals surface area contributed by atoms with Crippen molar-refractivity contribution in [3.63, 3.8) is 0 Å². The monoisotopic (exact) mass is 333 g/mol. The van der Waals surface area contributed by atoms with Gasteiger partial charge in [-0.15, -0.1) is 0 Å². The largest absolute Gasteiger partial charge is 0.497 e. The van der Waals surface area contributed by atoms with Crippen molar-refractivity contribution in [2.24, 2.45) is 5.92 Å². The smallest absolute Gasteiger partial charge is 0.226 e. The van der Waals surface area contributed by atoms with Crippen molar-refractivity contribution in [3.05, 3.63) is 23.8 Å². The number of nitrogens with one attached hydrogen (secondary N) is 1. The molecule has 1 aromatic rings. The van der Waals surface area contributed by atoms with Gasteiger partial charge in [-0.2, -0.15) is 0 Å². The first kappa shape index (κ1) is 17.0. The van der Waals surface area contributed by atoms with Crippen molar-refractivity contribution in [3.8, 4) is 11.5 Å². The molecule has 6 nitrogen and oxygen atoms in total. The van der Waals surface area contributed by atoms with Crippen molar-refractivity contribution in [2.45, 2.75) is 6.42 Å². The molecule has 2 heterocycles. The van der Waals surface area contributed by atoms with E-state index in [-0.39, 0.29) is 11.8 Å². The molecule has 1 atom stereocenters. The Hall–Kier alpha value is -1.79. The Morgan fingerprint density at radius 1 is 1.33 bits per heavy atom. The third-order valence-electron chi connectivity index (χ3n) is 4.87. The van der Waals surface area contributed by atoms with Crippen LogP contribution in [0.2, 0.25) is 0 Å². The van der Waals surface area contributed by atoms with Crippen molar-refractivity contribution in [1.29, 1.82) is 0 Å². The molecule has 0 saturated carbocycles. The summed E-state index contributed by atoms with van der Waals surface area (Å²) in [5, 5.41) is 3.06. The first-order chi connectivity index (χ1) is 11.7. The number of likely N-dealkylation sites (N-methyl/N-ethyl adjacent to an activating group) is 1. The summed E-state index contributed by atoms with van der Waals surface area (Å²) < 4.78 is 11.0. The predicted octanol–water partition coefficient (Wildman–Crippen LogP) is 0.610. The number of methoxy groups -OCH3 is 1. The van der Waals surface area contributed by atoms with Gasteiger partial charge in [0.2, 0.25) is 5.91 Å². The lowest BCUT2D eigenvalue weighted by atomic mass is 9.96. The number of carbonyl (C=O) groups excluding carboxylic acids is 1. The SMILES string of the molecule is COc1ccc2c(c1)C[C@H](C(=O)NCCN1CCN(C)CC1)CO2. The van der Waals surface area contributed by atoms with Gasteiger partial charge in [-0.05, 0) is 37.2 Å². The molecule has 1 N–H and O–H groups in total. The minimum absolute atomic E-state index is 0.0811. The van der Waals surface area contributed by atoms with E-state index in [4.69, 9.17) is 9.47 Å². The van der Waals surface area contributed by atoms with Crippen molar-refractivity contribution >= 4 is 5.91 Å². The van der Waals surface area contributed by atoms with E-state index in [0.29, 0.717) is 19.6 Å². The predicted molar refractivity (Wildman–Crippen MR) is 92.6 cm³/mol. The second-order valence-corrected chi connectivity index (χ2v) is 6.62. The summed E-state index contributed by atoms with van der Waals surface area (Å²) in [6, 6.07) is 5.75. The molecule has 1 aromatic carbocycles.